The molecule has 1 aromatic carbocycles. The molecular formula is C20H19NS. The van der Waals surface area contributed by atoms with Gasteiger partial charge in [0.1, 0.15) is 0 Å². The van der Waals surface area contributed by atoms with Crippen molar-refractivity contribution < 1.29 is 0 Å². The molecule has 3 rings (SSSR count). The topological polar surface area (TPSA) is 12.9 Å². The smallest absolute Gasteiger partial charge is 0.0698 e. The quantitative estimate of drug-likeness (QED) is 0.564. The van der Waals surface area contributed by atoms with E-state index in [9.17, 15) is 0 Å². The summed E-state index contributed by atoms with van der Waals surface area (Å²) in [6, 6.07) is 13.0. The average Bonchev–Trinajstić information content (AvgIpc) is 2.97. The van der Waals surface area contributed by atoms with E-state index in [0.717, 1.165) is 30.5 Å². The van der Waals surface area contributed by atoms with Crippen molar-refractivity contribution in [2.24, 2.45) is 0 Å². The first-order valence-corrected chi connectivity index (χ1v) is 8.33. The fourth-order valence-corrected chi connectivity index (χ4v) is 3.87. The second kappa shape index (κ2) is 6.71. The van der Waals surface area contributed by atoms with E-state index in [1.807, 2.05) is 23.6 Å². The van der Waals surface area contributed by atoms with Crippen molar-refractivity contribution in [2.75, 3.05) is 0 Å². The van der Waals surface area contributed by atoms with Crippen LogP contribution in [0.25, 0.3) is 22.2 Å². The first-order valence-electron chi connectivity index (χ1n) is 7.52. The zero-order valence-corrected chi connectivity index (χ0v) is 13.4. The molecule has 0 saturated carbocycles. The van der Waals surface area contributed by atoms with Crippen LogP contribution in [0.15, 0.2) is 55.8 Å². The van der Waals surface area contributed by atoms with Crippen molar-refractivity contribution in [3.05, 3.63) is 77.5 Å². The molecule has 0 bridgehead atoms. The fourth-order valence-electron chi connectivity index (χ4n) is 2.76. The highest BCUT2D eigenvalue weighted by molar-refractivity contribution is 7.19. The Hall–Kier alpha value is -2.19. The maximum Gasteiger partial charge on any atom is 0.0698 e. The van der Waals surface area contributed by atoms with Crippen molar-refractivity contribution in [3.8, 4) is 0 Å². The van der Waals surface area contributed by atoms with Crippen LogP contribution in [-0.2, 0) is 12.8 Å². The van der Waals surface area contributed by atoms with Gasteiger partial charge in [0.25, 0.3) is 0 Å². The van der Waals surface area contributed by atoms with Crippen molar-refractivity contribution in [2.45, 2.75) is 19.3 Å². The molecule has 0 atom stereocenters. The third-order valence-electron chi connectivity index (χ3n) is 3.85. The maximum absolute atomic E-state index is 4.34. The molecule has 0 aliphatic heterocycles. The molecule has 0 unspecified atom stereocenters. The minimum Gasteiger partial charge on any atom is -0.256 e. The summed E-state index contributed by atoms with van der Waals surface area (Å²) in [5, 5.41) is 1.35. The number of fused-ring (bicyclic) bond motifs is 1. The summed E-state index contributed by atoms with van der Waals surface area (Å²) in [6.45, 7) is 7.73. The molecule has 2 heterocycles. The number of aromatic nitrogens is 1. The van der Waals surface area contributed by atoms with Gasteiger partial charge in [-0.25, -0.2) is 0 Å². The zero-order valence-electron chi connectivity index (χ0n) is 12.6. The van der Waals surface area contributed by atoms with Crippen molar-refractivity contribution in [1.29, 1.82) is 0 Å². The highest BCUT2D eigenvalue weighted by Gasteiger charge is 2.06. The van der Waals surface area contributed by atoms with Gasteiger partial charge in [-0.1, -0.05) is 37.4 Å². The van der Waals surface area contributed by atoms with Gasteiger partial charge < -0.3 is 0 Å². The van der Waals surface area contributed by atoms with E-state index in [1.165, 1.54) is 20.5 Å². The number of pyridine rings is 1. The SMILES string of the molecule is C=Cc1nccc(CCCc2cc3ccccc3s2)c1C=C. The van der Waals surface area contributed by atoms with E-state index in [-0.39, 0.29) is 0 Å². The third kappa shape index (κ3) is 3.02. The molecule has 0 spiro atoms. The number of thiophene rings is 1. The van der Waals surface area contributed by atoms with E-state index in [0.29, 0.717) is 0 Å². The Bertz CT molecular complexity index is 780. The van der Waals surface area contributed by atoms with Gasteiger partial charge in [-0.05, 0) is 54.5 Å². The van der Waals surface area contributed by atoms with Crippen LogP contribution >= 0.6 is 11.3 Å². The predicted octanol–water partition coefficient (Wildman–Crippen LogP) is 5.76. The molecule has 2 aromatic heterocycles. The van der Waals surface area contributed by atoms with Gasteiger partial charge in [-0.2, -0.15) is 0 Å². The van der Waals surface area contributed by atoms with E-state index >= 15 is 0 Å². The molecule has 0 saturated heterocycles. The van der Waals surface area contributed by atoms with Gasteiger partial charge >= 0.3 is 0 Å². The number of rotatable bonds is 6. The second-order valence-corrected chi connectivity index (χ2v) is 6.45. The Balaban J connectivity index is 1.70. The minimum atomic E-state index is 0.925. The molecule has 0 aliphatic carbocycles. The van der Waals surface area contributed by atoms with E-state index in [1.54, 1.807) is 6.08 Å². The lowest BCUT2D eigenvalue weighted by atomic mass is 10.0. The molecule has 0 amide bonds. The summed E-state index contributed by atoms with van der Waals surface area (Å²) in [7, 11) is 0. The Morgan fingerprint density at radius 1 is 1.05 bits per heavy atom. The first-order chi connectivity index (χ1) is 10.8. The lowest BCUT2D eigenvalue weighted by Gasteiger charge is -2.08. The van der Waals surface area contributed by atoms with Crippen LogP contribution < -0.4 is 0 Å². The van der Waals surface area contributed by atoms with Crippen LogP contribution in [0.5, 0.6) is 0 Å². The molecule has 110 valence electrons. The van der Waals surface area contributed by atoms with Gasteiger partial charge in [0.2, 0.25) is 0 Å². The monoisotopic (exact) mass is 305 g/mol. The predicted molar refractivity (Wildman–Crippen MR) is 98.3 cm³/mol. The Morgan fingerprint density at radius 3 is 2.68 bits per heavy atom. The maximum atomic E-state index is 4.34. The molecule has 22 heavy (non-hydrogen) atoms. The summed E-state index contributed by atoms with van der Waals surface area (Å²) in [5.74, 6) is 0. The fraction of sp³-hybridized carbons (Fsp3) is 0.150. The van der Waals surface area contributed by atoms with Crippen LogP contribution in [-0.4, -0.2) is 4.98 Å². The molecule has 0 fully saturated rings. The van der Waals surface area contributed by atoms with Gasteiger partial charge in [0, 0.05) is 21.3 Å². The van der Waals surface area contributed by atoms with Crippen LogP contribution in [0.3, 0.4) is 0 Å². The normalized spacial score (nSPS) is 10.7. The van der Waals surface area contributed by atoms with Gasteiger partial charge in [-0.15, -0.1) is 11.3 Å². The van der Waals surface area contributed by atoms with Crippen molar-refractivity contribution >= 4 is 33.6 Å². The van der Waals surface area contributed by atoms with Crippen LogP contribution in [0.4, 0.5) is 0 Å². The second-order valence-electron chi connectivity index (χ2n) is 5.28. The summed E-state index contributed by atoms with van der Waals surface area (Å²) >= 11 is 1.90. The molecule has 1 nitrogen and oxygen atoms in total. The Morgan fingerprint density at radius 2 is 1.91 bits per heavy atom. The summed E-state index contributed by atoms with van der Waals surface area (Å²) < 4.78 is 1.38. The lowest BCUT2D eigenvalue weighted by molar-refractivity contribution is 0.828. The first kappa shape index (κ1) is 14.7. The average molecular weight is 305 g/mol. The van der Waals surface area contributed by atoms with Crippen LogP contribution in [0.1, 0.15) is 28.1 Å². The van der Waals surface area contributed by atoms with Gasteiger partial charge in [-0.3, -0.25) is 4.98 Å². The largest absolute Gasteiger partial charge is 0.256 e. The van der Waals surface area contributed by atoms with Crippen molar-refractivity contribution in [1.82, 2.24) is 4.98 Å². The van der Waals surface area contributed by atoms with Crippen LogP contribution in [0, 0.1) is 0 Å². The molecule has 0 N–H and O–H groups in total. The van der Waals surface area contributed by atoms with Crippen molar-refractivity contribution in [3.63, 3.8) is 0 Å². The van der Waals surface area contributed by atoms with E-state index in [4.69, 9.17) is 0 Å². The van der Waals surface area contributed by atoms with Gasteiger partial charge in [0.15, 0.2) is 0 Å². The summed E-state index contributed by atoms with van der Waals surface area (Å²) in [6.07, 6.45) is 8.83. The number of hydrogen-bond acceptors (Lipinski definition) is 2. The number of nitrogens with zero attached hydrogens (tertiary/aromatic N) is 1. The van der Waals surface area contributed by atoms with E-state index < -0.39 is 0 Å². The molecule has 2 heteroatoms. The molecule has 3 aromatic rings. The molecule has 0 radical (unpaired) electrons. The number of hydrogen-bond donors (Lipinski definition) is 0. The zero-order chi connectivity index (χ0) is 15.4. The van der Waals surface area contributed by atoms with E-state index in [2.05, 4.69) is 54.5 Å². The highest BCUT2D eigenvalue weighted by atomic mass is 32.1. The summed E-state index contributed by atoms with van der Waals surface area (Å²) in [4.78, 5) is 5.79. The van der Waals surface area contributed by atoms with Crippen LogP contribution in [0.2, 0.25) is 0 Å². The minimum absolute atomic E-state index is 0.925. The standard InChI is InChI=1S/C20H19NS/c1-3-18-15(12-13-21-19(18)4-2)9-7-10-17-14-16-8-5-6-11-20(16)22-17/h3-6,8,11-14H,1-2,7,9-10H2. The Labute approximate surface area is 135 Å². The molecular weight excluding hydrogens is 286 g/mol. The molecule has 0 aliphatic rings. The lowest BCUT2D eigenvalue weighted by Crippen LogP contribution is -1.96. The third-order valence-corrected chi connectivity index (χ3v) is 5.03. The summed E-state index contributed by atoms with van der Waals surface area (Å²) in [5.41, 5.74) is 3.35. The Kier molecular flexibility index (Phi) is 4.50. The highest BCUT2D eigenvalue weighted by Crippen LogP contribution is 2.27. The number of aryl methyl sites for hydroxylation is 2. The van der Waals surface area contributed by atoms with Gasteiger partial charge in [0.05, 0.1) is 5.69 Å². The number of benzene rings is 1.